The van der Waals surface area contributed by atoms with Crippen molar-refractivity contribution in [1.82, 2.24) is 0 Å². The van der Waals surface area contributed by atoms with Gasteiger partial charge in [-0.15, -0.1) is 6.58 Å². The van der Waals surface area contributed by atoms with E-state index >= 15 is 0 Å². The third-order valence-electron chi connectivity index (χ3n) is 5.41. The molecule has 2 aromatic carbocycles. The maximum absolute atomic E-state index is 12.8. The van der Waals surface area contributed by atoms with E-state index in [1.165, 1.54) is 5.56 Å². The number of cyclic esters (lactones) is 1. The average molecular weight is 452 g/mol. The van der Waals surface area contributed by atoms with E-state index in [9.17, 15) is 9.90 Å². The summed E-state index contributed by atoms with van der Waals surface area (Å²) < 4.78 is 5.98. The molecular weight excluding hydrogens is 410 g/mol. The predicted molar refractivity (Wildman–Crippen MR) is 140 cm³/mol. The molecule has 4 heteroatoms. The van der Waals surface area contributed by atoms with Crippen molar-refractivity contribution in [3.63, 3.8) is 0 Å². The number of rotatable bonds is 8. The van der Waals surface area contributed by atoms with Crippen molar-refractivity contribution >= 4 is 11.7 Å². The Morgan fingerprint density at radius 1 is 1.09 bits per heavy atom. The van der Waals surface area contributed by atoms with Gasteiger partial charge in [0, 0.05) is 25.6 Å². The van der Waals surface area contributed by atoms with Gasteiger partial charge in [-0.05, 0) is 49.4 Å². The number of carbonyl (C=O) groups excluding carboxylic acids is 1. The first kappa shape index (κ1) is 28.0. The fourth-order valence-corrected chi connectivity index (χ4v) is 3.92. The van der Waals surface area contributed by atoms with Crippen LogP contribution in [0.3, 0.4) is 0 Å². The van der Waals surface area contributed by atoms with Crippen LogP contribution in [0.15, 0.2) is 78.6 Å². The highest BCUT2D eigenvalue weighted by atomic mass is 16.6. The molecule has 1 atom stereocenters. The van der Waals surface area contributed by atoms with Gasteiger partial charge in [-0.2, -0.15) is 0 Å². The third-order valence-corrected chi connectivity index (χ3v) is 5.41. The number of benzene rings is 2. The zero-order valence-corrected chi connectivity index (χ0v) is 21.0. The summed E-state index contributed by atoms with van der Waals surface area (Å²) in [4.78, 5) is 12.8. The molecule has 0 aliphatic carbocycles. The molecule has 0 saturated carbocycles. The molecule has 1 heterocycles. The van der Waals surface area contributed by atoms with Crippen LogP contribution in [-0.2, 0) is 22.4 Å². The molecule has 0 radical (unpaired) electrons. The van der Waals surface area contributed by atoms with Crippen LogP contribution in [0.5, 0.6) is 0 Å². The fourth-order valence-electron chi connectivity index (χ4n) is 3.92. The van der Waals surface area contributed by atoms with E-state index in [1.807, 2.05) is 70.3 Å². The lowest BCUT2D eigenvalue weighted by atomic mass is 9.83. The Bertz CT molecular complexity index is 889. The molecule has 2 N–H and O–H groups in total. The number of hydrogen-bond donors (Lipinski definition) is 2. The van der Waals surface area contributed by atoms with Gasteiger partial charge in [0.25, 0.3) is 0 Å². The number of esters is 1. The van der Waals surface area contributed by atoms with Gasteiger partial charge in [0.05, 0.1) is 5.57 Å². The standard InChI is InChI=1S/C24H29NO3.C3H6.C2H6/c1-3-13-24(14-12-18-8-5-4-6-9-18)17-22(26)21(23(27)28-24)16-19-10-7-11-20(15-19)25-2;1-3-2;1-2/h4-11,15,25-26H,3,12-14,16-17H2,1-2H3;3H,1H2,2H3;1-2H3/t24-;;/m1../s1. The molecule has 0 saturated heterocycles. The second-order valence-electron chi connectivity index (χ2n) is 7.95. The van der Waals surface area contributed by atoms with Crippen molar-refractivity contribution in [3.8, 4) is 0 Å². The Hall–Kier alpha value is -3.01. The van der Waals surface area contributed by atoms with Gasteiger partial charge in [0.2, 0.25) is 0 Å². The van der Waals surface area contributed by atoms with E-state index in [-0.39, 0.29) is 11.7 Å². The molecular formula is C29H41NO3. The lowest BCUT2D eigenvalue weighted by Gasteiger charge is -2.37. The summed E-state index contributed by atoms with van der Waals surface area (Å²) in [5, 5.41) is 13.8. The maximum atomic E-state index is 12.8. The van der Waals surface area contributed by atoms with E-state index in [0.717, 1.165) is 30.5 Å². The number of carbonyl (C=O) groups is 1. The normalized spacial score (nSPS) is 17.1. The second kappa shape index (κ2) is 14.9. The summed E-state index contributed by atoms with van der Waals surface area (Å²) in [5.74, 6) is -0.215. The summed E-state index contributed by atoms with van der Waals surface area (Å²) in [6, 6.07) is 18.0. The van der Waals surface area contributed by atoms with Crippen LogP contribution in [-0.4, -0.2) is 23.7 Å². The molecule has 0 spiro atoms. The van der Waals surface area contributed by atoms with Crippen LogP contribution in [0, 0.1) is 0 Å². The van der Waals surface area contributed by atoms with Crippen LogP contribution in [0.4, 0.5) is 5.69 Å². The molecule has 180 valence electrons. The smallest absolute Gasteiger partial charge is 0.338 e. The molecule has 0 fully saturated rings. The van der Waals surface area contributed by atoms with Crippen molar-refractivity contribution in [3.05, 3.63) is 89.7 Å². The topological polar surface area (TPSA) is 58.6 Å². The Kier molecular flexibility index (Phi) is 12.7. The average Bonchev–Trinajstić information content (AvgIpc) is 2.83. The van der Waals surface area contributed by atoms with Crippen LogP contribution in [0.2, 0.25) is 0 Å². The SMILES string of the molecule is C=CC.CC.CCC[C@@]1(CCc2ccccc2)CC(O)=C(Cc2cccc(NC)c2)C(=O)O1. The molecule has 0 unspecified atom stereocenters. The van der Waals surface area contributed by atoms with Crippen LogP contribution in [0.1, 0.15) is 64.5 Å². The maximum Gasteiger partial charge on any atom is 0.338 e. The summed E-state index contributed by atoms with van der Waals surface area (Å²) in [7, 11) is 1.86. The Labute approximate surface area is 200 Å². The second-order valence-corrected chi connectivity index (χ2v) is 7.95. The summed E-state index contributed by atoms with van der Waals surface area (Å²) >= 11 is 0. The first-order valence-corrected chi connectivity index (χ1v) is 12.0. The Balaban J connectivity index is 0.00000101. The number of hydrogen-bond acceptors (Lipinski definition) is 4. The molecule has 0 aromatic heterocycles. The first-order chi connectivity index (χ1) is 16.0. The van der Waals surface area contributed by atoms with Crippen molar-refractivity contribution in [2.75, 3.05) is 12.4 Å². The van der Waals surface area contributed by atoms with Gasteiger partial charge in [-0.1, -0.05) is 75.7 Å². The van der Waals surface area contributed by atoms with E-state index < -0.39 is 5.60 Å². The van der Waals surface area contributed by atoms with Gasteiger partial charge >= 0.3 is 5.97 Å². The number of anilines is 1. The Morgan fingerprint density at radius 3 is 2.30 bits per heavy atom. The van der Waals surface area contributed by atoms with Crippen LogP contribution < -0.4 is 5.32 Å². The lowest BCUT2D eigenvalue weighted by Crippen LogP contribution is -2.41. The van der Waals surface area contributed by atoms with Gasteiger partial charge in [0.1, 0.15) is 11.4 Å². The lowest BCUT2D eigenvalue weighted by molar-refractivity contribution is -0.160. The van der Waals surface area contributed by atoms with Gasteiger partial charge < -0.3 is 15.2 Å². The van der Waals surface area contributed by atoms with Gasteiger partial charge in [-0.3, -0.25) is 0 Å². The number of nitrogens with one attached hydrogen (secondary N) is 1. The first-order valence-electron chi connectivity index (χ1n) is 12.0. The van der Waals surface area contributed by atoms with Crippen LogP contribution >= 0.6 is 0 Å². The molecule has 1 aliphatic rings. The Morgan fingerprint density at radius 2 is 1.73 bits per heavy atom. The molecule has 2 aromatic rings. The number of aliphatic hydroxyl groups is 1. The number of aryl methyl sites for hydroxylation is 1. The van der Waals surface area contributed by atoms with Crippen LogP contribution in [0.25, 0.3) is 0 Å². The minimum Gasteiger partial charge on any atom is -0.512 e. The molecule has 4 nitrogen and oxygen atoms in total. The van der Waals surface area contributed by atoms with E-state index in [1.54, 1.807) is 6.08 Å². The van der Waals surface area contributed by atoms with E-state index in [2.05, 4.69) is 31.0 Å². The van der Waals surface area contributed by atoms with Gasteiger partial charge in [-0.25, -0.2) is 4.79 Å². The minimum absolute atomic E-state index is 0.174. The predicted octanol–water partition coefficient (Wildman–Crippen LogP) is 7.42. The van der Waals surface area contributed by atoms with Crippen molar-refractivity contribution in [1.29, 1.82) is 0 Å². The number of allylic oxidation sites excluding steroid dienone is 1. The van der Waals surface area contributed by atoms with Crippen molar-refractivity contribution in [2.24, 2.45) is 0 Å². The molecule has 1 aliphatic heterocycles. The van der Waals surface area contributed by atoms with E-state index in [4.69, 9.17) is 4.74 Å². The van der Waals surface area contributed by atoms with E-state index in [0.29, 0.717) is 24.8 Å². The van der Waals surface area contributed by atoms with Crippen molar-refractivity contribution in [2.45, 2.75) is 71.8 Å². The quantitative estimate of drug-likeness (QED) is 0.324. The summed E-state index contributed by atoms with van der Waals surface area (Å²) in [6.07, 6.45) is 5.69. The highest BCUT2D eigenvalue weighted by Crippen LogP contribution is 2.37. The van der Waals surface area contributed by atoms with Crippen molar-refractivity contribution < 1.29 is 14.6 Å². The van der Waals surface area contributed by atoms with Gasteiger partial charge in [0.15, 0.2) is 0 Å². The zero-order valence-electron chi connectivity index (χ0n) is 21.0. The highest BCUT2D eigenvalue weighted by molar-refractivity contribution is 5.90. The third kappa shape index (κ3) is 8.80. The number of aliphatic hydroxyl groups excluding tert-OH is 1. The zero-order chi connectivity index (χ0) is 24.7. The minimum atomic E-state index is -0.623. The molecule has 33 heavy (non-hydrogen) atoms. The number of ether oxygens (including phenoxy) is 1. The molecule has 0 bridgehead atoms. The fraction of sp³-hybridized carbons (Fsp3) is 0.414. The highest BCUT2D eigenvalue weighted by Gasteiger charge is 2.40. The summed E-state index contributed by atoms with van der Waals surface area (Å²) in [5.41, 5.74) is 2.91. The largest absolute Gasteiger partial charge is 0.512 e. The molecule has 3 rings (SSSR count). The molecule has 0 amide bonds. The summed E-state index contributed by atoms with van der Waals surface area (Å²) in [6.45, 7) is 11.3. The monoisotopic (exact) mass is 451 g/mol.